The molecule has 0 aliphatic carbocycles. The number of nitrogens with zero attached hydrogens (tertiary/aromatic N) is 3. The SMILES string of the molecule is N#C/C(=C/c1cc([N+](=O)[O-])cc([N+](=O)[O-])c1O)C(=O)Nc1ccccc1F. The maximum atomic E-state index is 13.6. The fraction of sp³-hybridized carbons (Fsp3) is 0. The number of para-hydroxylation sites is 1. The predicted octanol–water partition coefficient (Wildman–Crippen LogP) is 2.89. The standard InChI is InChI=1S/C16H9FN4O6/c17-12-3-1-2-4-13(12)19-16(23)10(8-18)5-9-6-11(20(24)25)7-14(15(9)22)21(26)27/h1-7,22H,(H,19,23)/b10-5-. The largest absolute Gasteiger partial charge is 0.502 e. The van der Waals surface area contributed by atoms with E-state index in [2.05, 4.69) is 5.32 Å². The van der Waals surface area contributed by atoms with Gasteiger partial charge in [-0.1, -0.05) is 12.1 Å². The molecule has 0 saturated carbocycles. The number of nitrogens with one attached hydrogen (secondary N) is 1. The first-order chi connectivity index (χ1) is 12.7. The van der Waals surface area contributed by atoms with Crippen LogP contribution in [0.25, 0.3) is 6.08 Å². The average Bonchev–Trinajstić information content (AvgIpc) is 2.62. The second kappa shape index (κ2) is 7.70. The molecule has 0 radical (unpaired) electrons. The third kappa shape index (κ3) is 4.20. The summed E-state index contributed by atoms with van der Waals surface area (Å²) in [7, 11) is 0. The van der Waals surface area contributed by atoms with Crippen LogP contribution in [0.5, 0.6) is 5.75 Å². The van der Waals surface area contributed by atoms with Gasteiger partial charge in [0.15, 0.2) is 0 Å². The number of rotatable bonds is 5. The highest BCUT2D eigenvalue weighted by atomic mass is 19.1. The van der Waals surface area contributed by atoms with E-state index in [4.69, 9.17) is 5.26 Å². The van der Waals surface area contributed by atoms with Gasteiger partial charge in [-0.25, -0.2) is 4.39 Å². The number of nitro benzene ring substituents is 2. The molecular formula is C16H9FN4O6. The molecule has 0 bridgehead atoms. The molecule has 2 aromatic carbocycles. The van der Waals surface area contributed by atoms with E-state index in [0.717, 1.165) is 18.2 Å². The van der Waals surface area contributed by atoms with Crippen molar-refractivity contribution in [2.45, 2.75) is 0 Å². The minimum Gasteiger partial charge on any atom is -0.502 e. The lowest BCUT2D eigenvalue weighted by atomic mass is 10.1. The number of benzene rings is 2. The number of anilines is 1. The molecule has 10 nitrogen and oxygen atoms in total. The number of carbonyl (C=O) groups excluding carboxylic acids is 1. The topological polar surface area (TPSA) is 159 Å². The number of hydrogen-bond acceptors (Lipinski definition) is 7. The summed E-state index contributed by atoms with van der Waals surface area (Å²) in [6.45, 7) is 0. The van der Waals surface area contributed by atoms with Crippen molar-refractivity contribution in [3.8, 4) is 11.8 Å². The van der Waals surface area contributed by atoms with Crippen LogP contribution in [0.15, 0.2) is 42.0 Å². The summed E-state index contributed by atoms with van der Waals surface area (Å²) in [5, 5.41) is 43.0. The monoisotopic (exact) mass is 372 g/mol. The predicted molar refractivity (Wildman–Crippen MR) is 90.0 cm³/mol. The third-order valence-electron chi connectivity index (χ3n) is 3.30. The number of carbonyl (C=O) groups is 1. The Bertz CT molecular complexity index is 1030. The highest BCUT2D eigenvalue weighted by Crippen LogP contribution is 2.35. The molecule has 2 N–H and O–H groups in total. The zero-order chi connectivity index (χ0) is 20.1. The molecule has 0 unspecified atom stereocenters. The molecule has 11 heteroatoms. The summed E-state index contributed by atoms with van der Waals surface area (Å²) in [4.78, 5) is 32.0. The number of aromatic hydroxyl groups is 1. The lowest BCUT2D eigenvalue weighted by Gasteiger charge is -2.06. The molecule has 0 fully saturated rings. The van der Waals surface area contributed by atoms with Gasteiger partial charge in [0.1, 0.15) is 17.5 Å². The fourth-order valence-electron chi connectivity index (χ4n) is 2.04. The van der Waals surface area contributed by atoms with E-state index >= 15 is 0 Å². The molecule has 1 amide bonds. The van der Waals surface area contributed by atoms with E-state index in [9.17, 15) is 34.5 Å². The number of halogens is 1. The van der Waals surface area contributed by atoms with Crippen LogP contribution < -0.4 is 5.32 Å². The van der Waals surface area contributed by atoms with E-state index in [1.807, 2.05) is 0 Å². The van der Waals surface area contributed by atoms with Crippen molar-refractivity contribution in [3.05, 3.63) is 73.6 Å². The van der Waals surface area contributed by atoms with Crippen LogP contribution in [0.2, 0.25) is 0 Å². The van der Waals surface area contributed by atoms with E-state index in [1.54, 1.807) is 0 Å². The van der Waals surface area contributed by atoms with Crippen molar-refractivity contribution < 1.29 is 24.1 Å². The van der Waals surface area contributed by atoms with Crippen molar-refractivity contribution in [1.82, 2.24) is 0 Å². The maximum absolute atomic E-state index is 13.6. The van der Waals surface area contributed by atoms with Crippen LogP contribution in [0.3, 0.4) is 0 Å². The lowest BCUT2D eigenvalue weighted by molar-refractivity contribution is -0.394. The Morgan fingerprint density at radius 3 is 2.44 bits per heavy atom. The summed E-state index contributed by atoms with van der Waals surface area (Å²) in [5.74, 6) is -2.80. The van der Waals surface area contributed by atoms with Gasteiger partial charge >= 0.3 is 5.69 Å². The molecule has 0 heterocycles. The lowest BCUT2D eigenvalue weighted by Crippen LogP contribution is -2.14. The van der Waals surface area contributed by atoms with E-state index in [-0.39, 0.29) is 5.69 Å². The zero-order valence-electron chi connectivity index (χ0n) is 13.2. The van der Waals surface area contributed by atoms with Gasteiger partial charge in [-0.2, -0.15) is 5.26 Å². The van der Waals surface area contributed by atoms with Crippen molar-refractivity contribution in [3.63, 3.8) is 0 Å². The molecule has 0 atom stereocenters. The minimum absolute atomic E-state index is 0.224. The van der Waals surface area contributed by atoms with Crippen molar-refractivity contribution in [2.24, 2.45) is 0 Å². The smallest absolute Gasteiger partial charge is 0.318 e. The quantitative estimate of drug-likeness (QED) is 0.353. The molecule has 0 saturated heterocycles. The average molecular weight is 372 g/mol. The van der Waals surface area contributed by atoms with E-state index in [0.29, 0.717) is 6.07 Å². The maximum Gasteiger partial charge on any atom is 0.318 e. The Hall–Kier alpha value is -4.33. The van der Waals surface area contributed by atoms with Crippen LogP contribution >= 0.6 is 0 Å². The van der Waals surface area contributed by atoms with Gasteiger partial charge < -0.3 is 10.4 Å². The summed E-state index contributed by atoms with van der Waals surface area (Å²) in [5.41, 5.74) is -3.07. The Morgan fingerprint density at radius 2 is 1.89 bits per heavy atom. The first kappa shape index (κ1) is 19.0. The van der Waals surface area contributed by atoms with Crippen LogP contribution in [0, 0.1) is 37.4 Å². The first-order valence-corrected chi connectivity index (χ1v) is 7.08. The van der Waals surface area contributed by atoms with Gasteiger partial charge in [0.05, 0.1) is 21.6 Å². The van der Waals surface area contributed by atoms with Crippen molar-refractivity contribution >= 4 is 29.0 Å². The molecular weight excluding hydrogens is 363 g/mol. The van der Waals surface area contributed by atoms with Crippen LogP contribution in [0.1, 0.15) is 5.56 Å². The second-order valence-corrected chi connectivity index (χ2v) is 5.02. The molecule has 0 spiro atoms. The highest BCUT2D eigenvalue weighted by molar-refractivity contribution is 6.10. The first-order valence-electron chi connectivity index (χ1n) is 7.08. The number of phenolic OH excluding ortho intramolecular Hbond substituents is 1. The van der Waals surface area contributed by atoms with Crippen LogP contribution in [-0.2, 0) is 4.79 Å². The van der Waals surface area contributed by atoms with E-state index in [1.165, 1.54) is 24.3 Å². The normalized spacial score (nSPS) is 10.7. The Balaban J connectivity index is 2.49. The van der Waals surface area contributed by atoms with Crippen molar-refractivity contribution in [1.29, 1.82) is 5.26 Å². The Morgan fingerprint density at radius 1 is 1.22 bits per heavy atom. The zero-order valence-corrected chi connectivity index (χ0v) is 13.2. The van der Waals surface area contributed by atoms with Gasteiger partial charge in [-0.3, -0.25) is 25.0 Å². The molecule has 2 aromatic rings. The second-order valence-electron chi connectivity index (χ2n) is 5.02. The number of non-ortho nitro benzene ring substituents is 1. The third-order valence-corrected chi connectivity index (χ3v) is 3.30. The fourth-order valence-corrected chi connectivity index (χ4v) is 2.04. The number of hydrogen-bond donors (Lipinski definition) is 2. The van der Waals surface area contributed by atoms with Gasteiger partial charge in [0, 0.05) is 11.6 Å². The number of amides is 1. The summed E-state index contributed by atoms with van der Waals surface area (Å²) >= 11 is 0. The van der Waals surface area contributed by atoms with Crippen LogP contribution in [-0.4, -0.2) is 20.9 Å². The number of nitriles is 1. The summed E-state index contributed by atoms with van der Waals surface area (Å²) < 4.78 is 13.6. The van der Waals surface area contributed by atoms with Gasteiger partial charge in [-0.15, -0.1) is 0 Å². The molecule has 0 aliphatic heterocycles. The molecule has 0 aromatic heterocycles. The minimum atomic E-state index is -1.07. The van der Waals surface area contributed by atoms with Crippen LogP contribution in [0.4, 0.5) is 21.5 Å². The van der Waals surface area contributed by atoms with Crippen molar-refractivity contribution in [2.75, 3.05) is 5.32 Å². The molecule has 0 aliphatic rings. The Labute approximate surface area is 150 Å². The van der Waals surface area contributed by atoms with Gasteiger partial charge in [0.2, 0.25) is 5.75 Å². The number of nitro groups is 2. The van der Waals surface area contributed by atoms with Gasteiger partial charge in [-0.05, 0) is 18.2 Å². The number of phenols is 1. The summed E-state index contributed by atoms with van der Waals surface area (Å²) in [6, 6.07) is 7.91. The summed E-state index contributed by atoms with van der Waals surface area (Å²) in [6.07, 6.45) is 0.728. The van der Waals surface area contributed by atoms with Gasteiger partial charge in [0.25, 0.3) is 11.6 Å². The molecule has 2 rings (SSSR count). The highest BCUT2D eigenvalue weighted by Gasteiger charge is 2.24. The molecule has 136 valence electrons. The molecule has 27 heavy (non-hydrogen) atoms. The Kier molecular flexibility index (Phi) is 5.42. The van der Waals surface area contributed by atoms with E-state index < -0.39 is 49.8 Å².